The molecule has 0 aliphatic heterocycles. The fourth-order valence-electron chi connectivity index (χ4n) is 2.41. The third-order valence-electron chi connectivity index (χ3n) is 4.05. The van der Waals surface area contributed by atoms with Crippen LogP contribution in [0.1, 0.15) is 60.2 Å². The van der Waals surface area contributed by atoms with Crippen molar-refractivity contribution in [1.29, 1.82) is 0 Å². The topological polar surface area (TPSA) is 79.5 Å². The van der Waals surface area contributed by atoms with Gasteiger partial charge >= 0.3 is 0 Å². The Morgan fingerprint density at radius 2 is 2.19 bits per heavy atom. The van der Waals surface area contributed by atoms with Gasteiger partial charge in [0, 0.05) is 37.1 Å². The van der Waals surface area contributed by atoms with Crippen LogP contribution in [-0.4, -0.2) is 45.2 Å². The quantitative estimate of drug-likeness (QED) is 0.835. The second-order valence-electron chi connectivity index (χ2n) is 7.19. The second kappa shape index (κ2) is 7.30. The maximum absolute atomic E-state index is 12.6. The number of amides is 1. The van der Waals surface area contributed by atoms with Gasteiger partial charge in [-0.3, -0.25) is 4.79 Å². The van der Waals surface area contributed by atoms with Gasteiger partial charge in [0.25, 0.3) is 5.91 Å². The number of carbonyl (C=O) groups excluding carboxylic acids is 1. The van der Waals surface area contributed by atoms with Crippen molar-refractivity contribution in [2.75, 3.05) is 13.6 Å². The fourth-order valence-corrected chi connectivity index (χ4v) is 2.41. The Morgan fingerprint density at radius 1 is 1.42 bits per heavy atom. The van der Waals surface area contributed by atoms with Crippen LogP contribution in [0.25, 0.3) is 0 Å². The molecule has 3 rings (SSSR count). The van der Waals surface area contributed by atoms with E-state index in [1.165, 1.54) is 0 Å². The molecule has 0 bridgehead atoms. The zero-order chi connectivity index (χ0) is 18.7. The average Bonchev–Trinajstić information content (AvgIpc) is 3.35. The van der Waals surface area contributed by atoms with Gasteiger partial charge < -0.3 is 14.5 Å². The summed E-state index contributed by atoms with van der Waals surface area (Å²) in [4.78, 5) is 18.6. The summed E-state index contributed by atoms with van der Waals surface area (Å²) in [5, 5.41) is 13.7. The Hall–Kier alpha value is -2.65. The predicted octanol–water partition coefficient (Wildman–Crippen LogP) is 2.38. The predicted molar refractivity (Wildman–Crippen MR) is 96.6 cm³/mol. The van der Waals surface area contributed by atoms with Crippen LogP contribution in [0.4, 0.5) is 0 Å². The largest absolute Gasteiger partial charge is 0.378 e. The van der Waals surface area contributed by atoms with Gasteiger partial charge in [-0.1, -0.05) is 23.1 Å². The summed E-state index contributed by atoms with van der Waals surface area (Å²) in [5.74, 6) is 7.33. The highest BCUT2D eigenvalue weighted by molar-refractivity contribution is 5.94. The molecule has 0 unspecified atom stereocenters. The lowest BCUT2D eigenvalue weighted by Crippen LogP contribution is -2.29. The number of rotatable bonds is 5. The number of hydrogen-bond acceptors (Lipinski definition) is 5. The third kappa shape index (κ3) is 4.93. The molecule has 2 aromatic rings. The van der Waals surface area contributed by atoms with E-state index in [9.17, 15) is 9.90 Å². The molecule has 6 heteroatoms. The molecule has 1 saturated carbocycles. The van der Waals surface area contributed by atoms with Crippen LogP contribution in [0.5, 0.6) is 0 Å². The van der Waals surface area contributed by atoms with Gasteiger partial charge in [0.1, 0.15) is 5.60 Å². The summed E-state index contributed by atoms with van der Waals surface area (Å²) in [5.41, 5.74) is 0.182. The standard InChI is InChI=1S/C20H23N3O3/c1-20(2,25)11-9-14-5-4-6-16(13-14)19(24)23(3)12-10-17-21-18(26-22-17)15-7-8-15/h4-6,13,15,25H,7-8,10,12H2,1-3H3. The molecular formula is C20H23N3O3. The van der Waals surface area contributed by atoms with Crippen LogP contribution in [0.15, 0.2) is 28.8 Å². The van der Waals surface area contributed by atoms with Crippen molar-refractivity contribution in [3.05, 3.63) is 47.1 Å². The van der Waals surface area contributed by atoms with Crippen molar-refractivity contribution in [2.45, 2.75) is 44.6 Å². The van der Waals surface area contributed by atoms with E-state index >= 15 is 0 Å². The molecule has 0 atom stereocenters. The molecular weight excluding hydrogens is 330 g/mol. The highest BCUT2D eigenvalue weighted by Gasteiger charge is 2.29. The first-order chi connectivity index (χ1) is 12.3. The van der Waals surface area contributed by atoms with E-state index in [4.69, 9.17) is 4.52 Å². The number of hydrogen-bond donors (Lipinski definition) is 1. The molecule has 136 valence electrons. The summed E-state index contributed by atoms with van der Waals surface area (Å²) >= 11 is 0. The van der Waals surface area contributed by atoms with Gasteiger partial charge in [0.05, 0.1) is 0 Å². The molecule has 1 N–H and O–H groups in total. The van der Waals surface area contributed by atoms with Crippen LogP contribution in [0, 0.1) is 11.8 Å². The Balaban J connectivity index is 1.61. The van der Waals surface area contributed by atoms with Gasteiger partial charge in [-0.05, 0) is 44.9 Å². The molecule has 1 amide bonds. The lowest BCUT2D eigenvalue weighted by Gasteiger charge is -2.16. The number of nitrogens with zero attached hydrogens (tertiary/aromatic N) is 3. The Bertz CT molecular complexity index is 851. The minimum atomic E-state index is -1.07. The van der Waals surface area contributed by atoms with Gasteiger partial charge in [-0.25, -0.2) is 0 Å². The van der Waals surface area contributed by atoms with Crippen molar-refractivity contribution in [3.63, 3.8) is 0 Å². The van der Waals surface area contributed by atoms with Crippen LogP contribution >= 0.6 is 0 Å². The van der Waals surface area contributed by atoms with Crippen molar-refractivity contribution in [2.24, 2.45) is 0 Å². The molecule has 26 heavy (non-hydrogen) atoms. The first-order valence-corrected chi connectivity index (χ1v) is 8.75. The van der Waals surface area contributed by atoms with E-state index in [0.717, 1.165) is 12.8 Å². The smallest absolute Gasteiger partial charge is 0.253 e. The summed E-state index contributed by atoms with van der Waals surface area (Å²) < 4.78 is 5.24. The maximum atomic E-state index is 12.6. The average molecular weight is 353 g/mol. The maximum Gasteiger partial charge on any atom is 0.253 e. The van der Waals surface area contributed by atoms with Crippen LogP contribution < -0.4 is 0 Å². The molecule has 0 saturated heterocycles. The number of aliphatic hydroxyl groups is 1. The number of benzene rings is 1. The summed E-state index contributed by atoms with van der Waals surface area (Å²) in [7, 11) is 1.75. The first kappa shape index (κ1) is 18.2. The molecule has 1 heterocycles. The third-order valence-corrected chi connectivity index (χ3v) is 4.05. The SMILES string of the molecule is CN(CCc1noc(C2CC2)n1)C(=O)c1cccc(C#CC(C)(C)O)c1. The van der Waals surface area contributed by atoms with Crippen LogP contribution in [-0.2, 0) is 6.42 Å². The molecule has 6 nitrogen and oxygen atoms in total. The minimum absolute atomic E-state index is 0.0946. The van der Waals surface area contributed by atoms with E-state index in [1.807, 2.05) is 6.07 Å². The van der Waals surface area contributed by atoms with Crippen molar-refractivity contribution in [1.82, 2.24) is 15.0 Å². The monoisotopic (exact) mass is 353 g/mol. The summed E-state index contributed by atoms with van der Waals surface area (Å²) in [6.45, 7) is 3.74. The molecule has 1 aliphatic rings. The van der Waals surface area contributed by atoms with E-state index in [1.54, 1.807) is 44.0 Å². The fraction of sp³-hybridized carbons (Fsp3) is 0.450. The van der Waals surface area contributed by atoms with E-state index in [0.29, 0.717) is 41.7 Å². The lowest BCUT2D eigenvalue weighted by atomic mass is 10.1. The molecule has 1 fully saturated rings. The minimum Gasteiger partial charge on any atom is -0.378 e. The zero-order valence-corrected chi connectivity index (χ0v) is 15.3. The lowest BCUT2D eigenvalue weighted by molar-refractivity contribution is 0.0795. The molecule has 1 aromatic carbocycles. The van der Waals surface area contributed by atoms with Gasteiger partial charge in [-0.15, -0.1) is 0 Å². The zero-order valence-electron chi connectivity index (χ0n) is 15.3. The van der Waals surface area contributed by atoms with Crippen molar-refractivity contribution < 1.29 is 14.4 Å². The normalized spacial score (nSPS) is 13.8. The highest BCUT2D eigenvalue weighted by Crippen LogP contribution is 2.38. The molecule has 1 aromatic heterocycles. The Labute approximate surface area is 153 Å². The molecule has 0 radical (unpaired) electrons. The van der Waals surface area contributed by atoms with Gasteiger partial charge in [0.15, 0.2) is 5.82 Å². The van der Waals surface area contributed by atoms with Crippen LogP contribution in [0.2, 0.25) is 0 Å². The Kier molecular flexibility index (Phi) is 5.10. The van der Waals surface area contributed by atoms with Crippen molar-refractivity contribution in [3.8, 4) is 11.8 Å². The molecule has 0 spiro atoms. The van der Waals surface area contributed by atoms with Gasteiger partial charge in [0.2, 0.25) is 5.89 Å². The van der Waals surface area contributed by atoms with Crippen LogP contribution in [0.3, 0.4) is 0 Å². The van der Waals surface area contributed by atoms with Gasteiger partial charge in [-0.2, -0.15) is 4.98 Å². The first-order valence-electron chi connectivity index (χ1n) is 8.75. The number of carbonyl (C=O) groups is 1. The summed E-state index contributed by atoms with van der Waals surface area (Å²) in [6.07, 6.45) is 2.79. The van der Waals surface area contributed by atoms with E-state index < -0.39 is 5.60 Å². The highest BCUT2D eigenvalue weighted by atomic mass is 16.5. The second-order valence-corrected chi connectivity index (χ2v) is 7.19. The summed E-state index contributed by atoms with van der Waals surface area (Å²) in [6, 6.07) is 7.09. The van der Waals surface area contributed by atoms with E-state index in [2.05, 4.69) is 22.0 Å². The number of likely N-dealkylation sites (N-methyl/N-ethyl adjacent to an activating group) is 1. The van der Waals surface area contributed by atoms with Crippen molar-refractivity contribution >= 4 is 5.91 Å². The number of aromatic nitrogens is 2. The van der Waals surface area contributed by atoms with E-state index in [-0.39, 0.29) is 5.91 Å². The Morgan fingerprint density at radius 3 is 2.88 bits per heavy atom. The molecule has 1 aliphatic carbocycles.